The third-order valence-electron chi connectivity index (χ3n) is 4.85. The molecule has 0 aromatic heterocycles. The van der Waals surface area contributed by atoms with E-state index < -0.39 is 15.9 Å². The van der Waals surface area contributed by atoms with Gasteiger partial charge in [-0.1, -0.05) is 54.1 Å². The Kier molecular flexibility index (Phi) is 6.30. The van der Waals surface area contributed by atoms with Gasteiger partial charge in [0.05, 0.1) is 22.4 Å². The van der Waals surface area contributed by atoms with Gasteiger partial charge in [-0.2, -0.15) is 5.10 Å². The number of rotatable bonds is 6. The van der Waals surface area contributed by atoms with Crippen molar-refractivity contribution in [3.63, 3.8) is 0 Å². The number of fused-ring (bicyclic) bond motifs is 1. The van der Waals surface area contributed by atoms with E-state index in [1.807, 2.05) is 24.3 Å². The minimum absolute atomic E-state index is 0.00608. The molecule has 0 saturated heterocycles. The van der Waals surface area contributed by atoms with Crippen molar-refractivity contribution in [3.8, 4) is 5.75 Å². The van der Waals surface area contributed by atoms with E-state index >= 15 is 0 Å². The lowest BCUT2D eigenvalue weighted by Gasteiger charge is -2.12. The molecule has 4 aromatic rings. The van der Waals surface area contributed by atoms with Gasteiger partial charge in [-0.25, -0.2) is 13.8 Å². The van der Waals surface area contributed by atoms with E-state index in [0.29, 0.717) is 10.6 Å². The Labute approximate surface area is 195 Å². The number of para-hydroxylation sites is 1. The third-order valence-corrected chi connectivity index (χ3v) is 6.48. The van der Waals surface area contributed by atoms with Crippen LogP contribution in [-0.4, -0.2) is 25.6 Å². The summed E-state index contributed by atoms with van der Waals surface area (Å²) in [5.74, 6) is -0.608. The molecule has 3 N–H and O–H groups in total. The van der Waals surface area contributed by atoms with Gasteiger partial charge < -0.3 is 5.11 Å². The van der Waals surface area contributed by atoms with Gasteiger partial charge in [0.2, 0.25) is 0 Å². The highest BCUT2D eigenvalue weighted by molar-refractivity contribution is 7.92. The Morgan fingerprint density at radius 3 is 2.39 bits per heavy atom. The zero-order valence-corrected chi connectivity index (χ0v) is 18.6. The fourth-order valence-corrected chi connectivity index (χ4v) is 4.43. The average Bonchev–Trinajstić information content (AvgIpc) is 2.81. The SMILES string of the molecule is O=C(N/N=C\c1c(O)ccc2ccccc12)c1ccccc1NS(=O)(=O)c1ccc(Cl)cc1. The molecule has 0 aliphatic rings. The molecule has 0 bridgehead atoms. The number of carbonyl (C=O) groups excluding carboxylic acids is 1. The summed E-state index contributed by atoms with van der Waals surface area (Å²) in [5, 5.41) is 16.2. The second-order valence-electron chi connectivity index (χ2n) is 7.02. The van der Waals surface area contributed by atoms with Crippen molar-refractivity contribution in [1.29, 1.82) is 0 Å². The highest BCUT2D eigenvalue weighted by Crippen LogP contribution is 2.25. The van der Waals surface area contributed by atoms with E-state index in [-0.39, 0.29) is 21.9 Å². The van der Waals surface area contributed by atoms with Crippen LogP contribution in [0.4, 0.5) is 5.69 Å². The van der Waals surface area contributed by atoms with Crippen molar-refractivity contribution in [3.05, 3.63) is 101 Å². The van der Waals surface area contributed by atoms with Gasteiger partial charge in [-0.15, -0.1) is 0 Å². The first kappa shape index (κ1) is 22.3. The molecule has 0 radical (unpaired) electrons. The second-order valence-corrected chi connectivity index (χ2v) is 9.14. The second kappa shape index (κ2) is 9.32. The molecule has 0 unspecified atom stereocenters. The number of anilines is 1. The number of hydrogen-bond donors (Lipinski definition) is 3. The zero-order valence-electron chi connectivity index (χ0n) is 17.1. The van der Waals surface area contributed by atoms with Crippen LogP contribution in [0.25, 0.3) is 10.8 Å². The summed E-state index contributed by atoms with van der Waals surface area (Å²) in [6.45, 7) is 0. The fourth-order valence-electron chi connectivity index (χ4n) is 3.22. The number of halogens is 1. The highest BCUT2D eigenvalue weighted by atomic mass is 35.5. The molecule has 0 heterocycles. The minimum Gasteiger partial charge on any atom is -0.507 e. The van der Waals surface area contributed by atoms with Crippen LogP contribution in [0.1, 0.15) is 15.9 Å². The summed E-state index contributed by atoms with van der Waals surface area (Å²) in [7, 11) is -3.94. The van der Waals surface area contributed by atoms with Crippen LogP contribution in [0.3, 0.4) is 0 Å². The first-order chi connectivity index (χ1) is 15.8. The molecule has 4 aromatic carbocycles. The predicted octanol–water partition coefficient (Wildman–Crippen LogP) is 4.76. The summed E-state index contributed by atoms with van der Waals surface area (Å²) in [6, 6.07) is 22.6. The quantitative estimate of drug-likeness (QED) is 0.273. The maximum absolute atomic E-state index is 12.7. The number of nitrogens with zero attached hydrogens (tertiary/aromatic N) is 1. The molecule has 0 fully saturated rings. The Balaban J connectivity index is 1.56. The molecule has 9 heteroatoms. The van der Waals surface area contributed by atoms with Crippen molar-refractivity contribution >= 4 is 50.2 Å². The van der Waals surface area contributed by atoms with Crippen LogP contribution in [0.2, 0.25) is 5.02 Å². The lowest BCUT2D eigenvalue weighted by Crippen LogP contribution is -2.21. The number of aromatic hydroxyl groups is 1. The fraction of sp³-hybridized carbons (Fsp3) is 0. The Morgan fingerprint density at radius 1 is 0.909 bits per heavy atom. The molecule has 0 aliphatic heterocycles. The van der Waals surface area contributed by atoms with Crippen LogP contribution in [0.5, 0.6) is 5.75 Å². The normalized spacial score (nSPS) is 11.5. The van der Waals surface area contributed by atoms with Gasteiger partial charge in [0, 0.05) is 10.6 Å². The van der Waals surface area contributed by atoms with Crippen LogP contribution in [0, 0.1) is 0 Å². The van der Waals surface area contributed by atoms with Gasteiger partial charge in [0.25, 0.3) is 15.9 Å². The van der Waals surface area contributed by atoms with Gasteiger partial charge >= 0.3 is 0 Å². The van der Waals surface area contributed by atoms with Crippen molar-refractivity contribution < 1.29 is 18.3 Å². The Bertz CT molecular complexity index is 1470. The molecule has 0 spiro atoms. The highest BCUT2D eigenvalue weighted by Gasteiger charge is 2.18. The molecule has 1 amide bonds. The van der Waals surface area contributed by atoms with Crippen LogP contribution in [0.15, 0.2) is 94.9 Å². The number of amides is 1. The van der Waals surface area contributed by atoms with Crippen LogP contribution in [-0.2, 0) is 10.0 Å². The molecule has 33 heavy (non-hydrogen) atoms. The van der Waals surface area contributed by atoms with Crippen molar-refractivity contribution in [1.82, 2.24) is 5.43 Å². The number of hydrogen-bond acceptors (Lipinski definition) is 5. The van der Waals surface area contributed by atoms with Crippen molar-refractivity contribution in [2.45, 2.75) is 4.90 Å². The summed E-state index contributed by atoms with van der Waals surface area (Å²) < 4.78 is 27.8. The lowest BCUT2D eigenvalue weighted by molar-refractivity contribution is 0.0956. The number of carbonyl (C=O) groups is 1. The van der Waals surface area contributed by atoms with E-state index in [1.54, 1.807) is 24.3 Å². The van der Waals surface area contributed by atoms with E-state index in [2.05, 4.69) is 15.2 Å². The number of phenolic OH excluding ortho intramolecular Hbond substituents is 1. The van der Waals surface area contributed by atoms with Crippen LogP contribution >= 0.6 is 11.6 Å². The zero-order chi connectivity index (χ0) is 23.4. The monoisotopic (exact) mass is 479 g/mol. The maximum atomic E-state index is 12.7. The Hall–Kier alpha value is -3.88. The summed E-state index contributed by atoms with van der Waals surface area (Å²) >= 11 is 5.83. The average molecular weight is 480 g/mol. The lowest BCUT2D eigenvalue weighted by atomic mass is 10.0. The van der Waals surface area contributed by atoms with E-state index in [1.165, 1.54) is 42.6 Å². The molecule has 4 rings (SSSR count). The number of benzene rings is 4. The van der Waals surface area contributed by atoms with E-state index in [9.17, 15) is 18.3 Å². The molecular formula is C24H18ClN3O4S. The van der Waals surface area contributed by atoms with Gasteiger partial charge in [-0.05, 0) is 53.2 Å². The van der Waals surface area contributed by atoms with Crippen molar-refractivity contribution in [2.75, 3.05) is 4.72 Å². The first-order valence-electron chi connectivity index (χ1n) is 9.77. The minimum atomic E-state index is -3.94. The molecular weight excluding hydrogens is 462 g/mol. The largest absolute Gasteiger partial charge is 0.507 e. The first-order valence-corrected chi connectivity index (χ1v) is 11.6. The van der Waals surface area contributed by atoms with Crippen LogP contribution < -0.4 is 10.1 Å². The summed E-state index contributed by atoms with van der Waals surface area (Å²) in [6.07, 6.45) is 1.34. The summed E-state index contributed by atoms with van der Waals surface area (Å²) in [5.41, 5.74) is 3.00. The van der Waals surface area contributed by atoms with Gasteiger partial charge in [0.1, 0.15) is 5.75 Å². The van der Waals surface area contributed by atoms with Gasteiger partial charge in [-0.3, -0.25) is 9.52 Å². The number of nitrogens with one attached hydrogen (secondary N) is 2. The van der Waals surface area contributed by atoms with E-state index in [4.69, 9.17) is 11.6 Å². The predicted molar refractivity (Wildman–Crippen MR) is 129 cm³/mol. The third kappa shape index (κ3) is 4.97. The molecule has 0 atom stereocenters. The van der Waals surface area contributed by atoms with Gasteiger partial charge in [0.15, 0.2) is 0 Å². The molecule has 0 aliphatic carbocycles. The van der Waals surface area contributed by atoms with Crippen molar-refractivity contribution in [2.24, 2.45) is 5.10 Å². The number of hydrazone groups is 1. The molecule has 0 saturated carbocycles. The maximum Gasteiger partial charge on any atom is 0.273 e. The smallest absolute Gasteiger partial charge is 0.273 e. The topological polar surface area (TPSA) is 108 Å². The number of phenols is 1. The Morgan fingerprint density at radius 2 is 1.61 bits per heavy atom. The number of sulfonamides is 1. The molecule has 7 nitrogen and oxygen atoms in total. The standard InChI is InChI=1S/C24H18ClN3O4S/c25-17-10-12-18(13-11-17)33(31,32)28-22-8-4-3-7-20(22)24(30)27-26-15-21-19-6-2-1-5-16(19)9-14-23(21)29/h1-15,28-29H,(H,27,30)/b26-15-. The summed E-state index contributed by atoms with van der Waals surface area (Å²) in [4.78, 5) is 12.7. The van der Waals surface area contributed by atoms with E-state index in [0.717, 1.165) is 10.8 Å². The molecule has 166 valence electrons.